The molecule has 360 valence electrons. The number of rotatable bonds is 12. The van der Waals surface area contributed by atoms with E-state index in [-0.39, 0.29) is 37.4 Å². The minimum atomic E-state index is -0.505. The molecule has 3 N–H and O–H groups in total. The number of hydrogen-bond donors (Lipinski definition) is 2. The number of carbonyl (C=O) groups excluding carboxylic acids is 4. The number of fused-ring (bicyclic) bond motifs is 4. The van der Waals surface area contributed by atoms with Crippen molar-refractivity contribution in [1.82, 2.24) is 4.98 Å². The molecule has 0 aliphatic rings. The van der Waals surface area contributed by atoms with E-state index >= 15 is 0 Å². The summed E-state index contributed by atoms with van der Waals surface area (Å²) in [6.45, 7) is 0.490. The molecule has 9 rings (SSSR count). The van der Waals surface area contributed by atoms with Crippen LogP contribution in [-0.2, 0) is 9.53 Å². The Morgan fingerprint density at radius 2 is 0.914 bits per heavy atom. The molecule has 1 aromatic heterocycles. The number of anilines is 1. The minimum Gasteiger partial charge on any atom is -0.495 e. The number of Topliss-reactive ketones (excluding diaryl/α,β-unsaturated/α-hetero) is 3. The summed E-state index contributed by atoms with van der Waals surface area (Å²) < 4.78 is 31.2. The Morgan fingerprint density at radius 1 is 0.543 bits per heavy atom. The van der Waals surface area contributed by atoms with Gasteiger partial charge in [-0.2, -0.15) is 4.98 Å². The van der Waals surface area contributed by atoms with Gasteiger partial charge in [0.1, 0.15) is 41.6 Å². The Bertz CT molecular complexity index is 3180. The van der Waals surface area contributed by atoms with Crippen molar-refractivity contribution in [1.29, 1.82) is 0 Å². The number of hydrogen-bond acceptors (Lipinski definition) is 13. The number of aliphatic hydroxyl groups excluding tert-OH is 1. The van der Waals surface area contributed by atoms with E-state index in [2.05, 4.69) is 20.9 Å². The van der Waals surface area contributed by atoms with Crippen LogP contribution < -0.4 is 24.7 Å². The smallest absolute Gasteiger partial charge is 0.303 e. The topological polar surface area (TPSA) is 187 Å². The Morgan fingerprint density at radius 3 is 1.27 bits per heavy atom. The van der Waals surface area contributed by atoms with Gasteiger partial charge in [0.2, 0.25) is 5.78 Å². The molecule has 0 bridgehead atoms. The monoisotopic (exact) mass is 1010 g/mol. The molecule has 0 aliphatic heterocycles. The number of benzene rings is 8. The lowest BCUT2D eigenvalue weighted by atomic mass is 10.0. The van der Waals surface area contributed by atoms with Crippen LogP contribution >= 0.6 is 15.9 Å². The molecule has 0 saturated carbocycles. The molecule has 0 spiro atoms. The summed E-state index contributed by atoms with van der Waals surface area (Å²) in [6, 6.07) is 46.1. The molecule has 0 amide bonds. The summed E-state index contributed by atoms with van der Waals surface area (Å²) in [7, 11) is 6.28. The number of alkyl halides is 1. The van der Waals surface area contributed by atoms with Gasteiger partial charge in [0, 0.05) is 34.0 Å². The molecule has 14 heteroatoms. The van der Waals surface area contributed by atoms with Crippen LogP contribution in [0.1, 0.15) is 45.4 Å². The third-order valence-corrected chi connectivity index (χ3v) is 11.2. The predicted molar refractivity (Wildman–Crippen MR) is 279 cm³/mol. The summed E-state index contributed by atoms with van der Waals surface area (Å²) in [5.41, 5.74) is 8.51. The van der Waals surface area contributed by atoms with Crippen LogP contribution in [0.2, 0.25) is 0 Å². The first kappa shape index (κ1) is 52.9. The van der Waals surface area contributed by atoms with Crippen LogP contribution in [0.3, 0.4) is 0 Å². The molecule has 13 nitrogen and oxygen atoms in total. The van der Waals surface area contributed by atoms with Crippen LogP contribution in [0.15, 0.2) is 156 Å². The first-order valence-corrected chi connectivity index (χ1v) is 22.4. The van der Waals surface area contributed by atoms with E-state index in [4.69, 9.17) is 38.9 Å². The number of esters is 1. The summed E-state index contributed by atoms with van der Waals surface area (Å²) >= 11 is 3.17. The normalized spacial score (nSPS) is 10.3. The van der Waals surface area contributed by atoms with Crippen molar-refractivity contribution >= 4 is 88.4 Å². The highest BCUT2D eigenvalue weighted by Crippen LogP contribution is 2.37. The van der Waals surface area contributed by atoms with Crippen LogP contribution in [-0.4, -0.2) is 80.4 Å². The van der Waals surface area contributed by atoms with Gasteiger partial charge in [0.05, 0.1) is 50.5 Å². The summed E-state index contributed by atoms with van der Waals surface area (Å²) in [5.74, 6) is 1.41. The third kappa shape index (κ3) is 12.3. The number of aliphatic hydroxyl groups is 1. The number of oxazole rings is 1. The molecule has 8 aromatic carbocycles. The van der Waals surface area contributed by atoms with Gasteiger partial charge < -0.3 is 38.9 Å². The van der Waals surface area contributed by atoms with E-state index in [9.17, 15) is 19.2 Å². The fourth-order valence-corrected chi connectivity index (χ4v) is 7.83. The van der Waals surface area contributed by atoms with Crippen LogP contribution in [0.5, 0.6) is 23.0 Å². The SMILES string of the molecule is C.COc1c(-c2coc(N)n2)ccc2ccccc12.COc1c(C(=O)CBr)ccc2ccccc12.COc1c(C(=O)CO)ccc2ccccc12.COc1c(C(=O)COC(C)=O)ccc2ccccc12. The zero-order chi connectivity index (χ0) is 49.5. The van der Waals surface area contributed by atoms with Gasteiger partial charge in [-0.1, -0.05) is 145 Å². The molecule has 0 unspecified atom stereocenters. The molecule has 0 aliphatic carbocycles. The second-order valence-electron chi connectivity index (χ2n) is 14.9. The molecule has 70 heavy (non-hydrogen) atoms. The molecule has 0 saturated heterocycles. The van der Waals surface area contributed by atoms with Crippen molar-refractivity contribution in [3.05, 3.63) is 169 Å². The van der Waals surface area contributed by atoms with Crippen LogP contribution in [0, 0.1) is 0 Å². The van der Waals surface area contributed by atoms with Crippen molar-refractivity contribution in [2.24, 2.45) is 0 Å². The number of ketones is 3. The Labute approximate surface area is 413 Å². The maximum Gasteiger partial charge on any atom is 0.303 e. The van der Waals surface area contributed by atoms with E-state index in [1.165, 1.54) is 27.4 Å². The van der Waals surface area contributed by atoms with Crippen molar-refractivity contribution < 1.29 is 52.4 Å². The number of nitrogen functional groups attached to an aromatic ring is 1. The number of nitrogens with two attached hydrogens (primary N) is 1. The maximum atomic E-state index is 12.0. The number of ether oxygens (including phenoxy) is 5. The molecule has 0 fully saturated rings. The highest BCUT2D eigenvalue weighted by Gasteiger charge is 2.18. The van der Waals surface area contributed by atoms with Crippen LogP contribution in [0.25, 0.3) is 54.3 Å². The van der Waals surface area contributed by atoms with Gasteiger partial charge in [-0.3, -0.25) is 19.2 Å². The lowest BCUT2D eigenvalue weighted by molar-refractivity contribution is -0.139. The number of nitrogens with zero attached hydrogens (tertiary/aromatic N) is 1. The van der Waals surface area contributed by atoms with Crippen molar-refractivity contribution in [3.8, 4) is 34.3 Å². The molecule has 9 aromatic rings. The molecular formula is C56H53BrN2O11. The molecule has 0 atom stereocenters. The summed E-state index contributed by atoms with van der Waals surface area (Å²) in [6.07, 6.45) is 1.53. The highest BCUT2D eigenvalue weighted by atomic mass is 79.9. The second kappa shape index (κ2) is 25.3. The number of aromatic nitrogens is 1. The fourth-order valence-electron chi connectivity index (χ4n) is 7.53. The quantitative estimate of drug-likeness (QED) is 0.0669. The lowest BCUT2D eigenvalue weighted by Gasteiger charge is -2.11. The van der Waals surface area contributed by atoms with Crippen molar-refractivity contribution in [2.75, 3.05) is 52.7 Å². The van der Waals surface area contributed by atoms with Gasteiger partial charge >= 0.3 is 5.97 Å². The molecule has 1 heterocycles. The summed E-state index contributed by atoms with van der Waals surface area (Å²) in [4.78, 5) is 50.1. The first-order chi connectivity index (χ1) is 33.5. The highest BCUT2D eigenvalue weighted by molar-refractivity contribution is 9.09. The van der Waals surface area contributed by atoms with Gasteiger partial charge in [-0.05, 0) is 45.8 Å². The zero-order valence-electron chi connectivity index (χ0n) is 38.5. The van der Waals surface area contributed by atoms with Crippen molar-refractivity contribution in [2.45, 2.75) is 14.4 Å². The van der Waals surface area contributed by atoms with Crippen molar-refractivity contribution in [3.63, 3.8) is 0 Å². The Hall–Kier alpha value is -8.07. The fraction of sp³-hybridized carbons (Fsp3) is 0.161. The Balaban J connectivity index is 0.000000173. The zero-order valence-corrected chi connectivity index (χ0v) is 40.1. The van der Waals surface area contributed by atoms with E-state index in [0.29, 0.717) is 45.0 Å². The largest absolute Gasteiger partial charge is 0.495 e. The van der Waals surface area contributed by atoms with E-state index in [0.717, 1.165) is 54.4 Å². The van der Waals surface area contributed by atoms with E-state index in [1.54, 1.807) is 26.4 Å². The predicted octanol–water partition coefficient (Wildman–Crippen LogP) is 11.8. The third-order valence-electron chi connectivity index (χ3n) is 10.7. The average molecular weight is 1010 g/mol. The number of carbonyl (C=O) groups is 4. The van der Waals surface area contributed by atoms with Gasteiger partial charge in [0.25, 0.3) is 6.01 Å². The van der Waals surface area contributed by atoms with E-state index < -0.39 is 12.6 Å². The average Bonchev–Trinajstić information content (AvgIpc) is 3.84. The van der Waals surface area contributed by atoms with Crippen LogP contribution in [0.4, 0.5) is 6.01 Å². The standard InChI is InChI=1S/C15H14O4.C14H12N2O2.C13H11BrO2.C13H12O3.CH4/c1-10(16)19-9-14(17)13-8-7-11-5-3-4-6-12(11)15(13)18-2;1-17-13-10-5-3-2-4-9(10)6-7-11(13)12-8-18-14(15)16-12;2*1-16-13-10-5-3-2-4-9(10)6-7-11(13)12(15)8-14;/h3-8H,9H2,1-2H3;2-8H,1H3,(H2,15,16);2-7H,8H2,1H3;2-7,14H,8H2,1H3;1H4. The van der Waals surface area contributed by atoms with Gasteiger partial charge in [-0.25, -0.2) is 0 Å². The lowest BCUT2D eigenvalue weighted by Crippen LogP contribution is -2.13. The first-order valence-electron chi connectivity index (χ1n) is 21.3. The maximum absolute atomic E-state index is 12.0. The number of methoxy groups -OCH3 is 4. The molecule has 0 radical (unpaired) electrons. The number of halogens is 1. The second-order valence-corrected chi connectivity index (χ2v) is 15.4. The summed E-state index contributed by atoms with van der Waals surface area (Å²) in [5, 5.41) is 17.1. The van der Waals surface area contributed by atoms with E-state index in [1.807, 2.05) is 133 Å². The minimum absolute atomic E-state index is 0. The molecular weight excluding hydrogens is 957 g/mol. The Kier molecular flexibility index (Phi) is 19.1. The van der Waals surface area contributed by atoms with Gasteiger partial charge in [-0.15, -0.1) is 0 Å². The van der Waals surface area contributed by atoms with Gasteiger partial charge in [0.15, 0.2) is 18.2 Å².